The molecule has 0 fully saturated rings. The van der Waals surface area contributed by atoms with Gasteiger partial charge in [-0.1, -0.05) is 26.8 Å². The zero-order valence-electron chi connectivity index (χ0n) is 13.4. The molecule has 0 bridgehead atoms. The van der Waals surface area contributed by atoms with Crippen molar-refractivity contribution in [2.24, 2.45) is 11.1 Å². The molecular weight excluding hydrogens is 271 g/mol. The van der Waals surface area contributed by atoms with Crippen LogP contribution in [0.15, 0.2) is 18.2 Å². The highest BCUT2D eigenvalue weighted by atomic mass is 19.1. The average Bonchev–Trinajstić information content (AvgIpc) is 2.42. The highest BCUT2D eigenvalue weighted by Crippen LogP contribution is 2.22. The third-order valence-electron chi connectivity index (χ3n) is 3.48. The topological polar surface area (TPSA) is 55.6 Å². The van der Waals surface area contributed by atoms with Crippen LogP contribution in [0.4, 0.5) is 4.39 Å². The molecular formula is C16H25FN2O2. The van der Waals surface area contributed by atoms with Gasteiger partial charge in [0.15, 0.2) is 11.6 Å². The van der Waals surface area contributed by atoms with E-state index in [1.54, 1.807) is 17.0 Å². The number of ether oxygens (including phenoxy) is 1. The van der Waals surface area contributed by atoms with Crippen molar-refractivity contribution < 1.29 is 13.9 Å². The van der Waals surface area contributed by atoms with Gasteiger partial charge in [-0.25, -0.2) is 4.39 Å². The van der Waals surface area contributed by atoms with Crippen molar-refractivity contribution >= 4 is 5.91 Å². The largest absolute Gasteiger partial charge is 0.494 e. The van der Waals surface area contributed by atoms with E-state index in [1.165, 1.54) is 13.2 Å². The Morgan fingerprint density at radius 3 is 2.48 bits per heavy atom. The van der Waals surface area contributed by atoms with Gasteiger partial charge < -0.3 is 15.4 Å². The van der Waals surface area contributed by atoms with E-state index in [0.717, 1.165) is 0 Å². The maximum Gasteiger partial charge on any atom is 0.240 e. The lowest BCUT2D eigenvalue weighted by atomic mass is 9.86. The SMILES string of the molecule is CCN(Cc1ccc(OC)c(F)c1)C(=O)[C@@H](N)C(C)(C)C. The second kappa shape index (κ2) is 6.89. The number of methoxy groups -OCH3 is 1. The van der Waals surface area contributed by atoms with Crippen LogP contribution >= 0.6 is 0 Å². The Kier molecular flexibility index (Phi) is 5.72. The molecule has 0 saturated heterocycles. The maximum absolute atomic E-state index is 13.7. The molecule has 2 N–H and O–H groups in total. The highest BCUT2D eigenvalue weighted by molar-refractivity contribution is 5.82. The lowest BCUT2D eigenvalue weighted by Crippen LogP contribution is -2.50. The smallest absolute Gasteiger partial charge is 0.240 e. The normalized spacial score (nSPS) is 12.9. The molecule has 0 radical (unpaired) electrons. The summed E-state index contributed by atoms with van der Waals surface area (Å²) in [5.41, 5.74) is 6.42. The monoisotopic (exact) mass is 296 g/mol. The van der Waals surface area contributed by atoms with Gasteiger partial charge in [0.25, 0.3) is 0 Å². The summed E-state index contributed by atoms with van der Waals surface area (Å²) in [5.74, 6) is -0.362. The summed E-state index contributed by atoms with van der Waals surface area (Å²) in [6.45, 7) is 8.52. The molecule has 118 valence electrons. The molecule has 0 unspecified atom stereocenters. The average molecular weight is 296 g/mol. The Balaban J connectivity index is 2.88. The summed E-state index contributed by atoms with van der Waals surface area (Å²) in [4.78, 5) is 14.1. The molecule has 0 heterocycles. The molecule has 0 aromatic heterocycles. The number of nitrogens with two attached hydrogens (primary N) is 1. The second-order valence-corrected chi connectivity index (χ2v) is 6.17. The van der Waals surface area contributed by atoms with E-state index in [4.69, 9.17) is 10.5 Å². The van der Waals surface area contributed by atoms with Crippen LogP contribution in [-0.4, -0.2) is 30.5 Å². The minimum Gasteiger partial charge on any atom is -0.494 e. The number of rotatable bonds is 5. The molecule has 1 atom stereocenters. The Morgan fingerprint density at radius 2 is 2.05 bits per heavy atom. The van der Waals surface area contributed by atoms with Gasteiger partial charge in [-0.2, -0.15) is 0 Å². The lowest BCUT2D eigenvalue weighted by Gasteiger charge is -2.31. The van der Waals surface area contributed by atoms with Crippen LogP contribution in [0, 0.1) is 11.2 Å². The molecule has 1 rings (SSSR count). The van der Waals surface area contributed by atoms with Crippen LogP contribution < -0.4 is 10.5 Å². The molecule has 1 aromatic carbocycles. The van der Waals surface area contributed by atoms with Gasteiger partial charge in [-0.15, -0.1) is 0 Å². The number of hydrogen-bond acceptors (Lipinski definition) is 3. The van der Waals surface area contributed by atoms with E-state index in [2.05, 4.69) is 0 Å². The van der Waals surface area contributed by atoms with E-state index in [9.17, 15) is 9.18 Å². The van der Waals surface area contributed by atoms with Gasteiger partial charge in [-0.3, -0.25) is 4.79 Å². The lowest BCUT2D eigenvalue weighted by molar-refractivity contribution is -0.135. The Bertz CT molecular complexity index is 498. The number of likely N-dealkylation sites (N-methyl/N-ethyl adjacent to an activating group) is 1. The molecule has 0 spiro atoms. The Morgan fingerprint density at radius 1 is 1.43 bits per heavy atom. The Hall–Kier alpha value is -1.62. The quantitative estimate of drug-likeness (QED) is 0.908. The predicted octanol–water partition coefficient (Wildman–Crippen LogP) is 2.56. The van der Waals surface area contributed by atoms with Crippen LogP contribution in [0.1, 0.15) is 33.3 Å². The third-order valence-corrected chi connectivity index (χ3v) is 3.48. The predicted molar refractivity (Wildman–Crippen MR) is 81.5 cm³/mol. The third kappa shape index (κ3) is 4.43. The molecule has 0 aliphatic carbocycles. The zero-order valence-corrected chi connectivity index (χ0v) is 13.4. The van der Waals surface area contributed by atoms with Gasteiger partial charge in [0.2, 0.25) is 5.91 Å². The molecule has 5 heteroatoms. The molecule has 1 amide bonds. The minimum atomic E-state index is -0.583. The van der Waals surface area contributed by atoms with Crippen LogP contribution in [0.25, 0.3) is 0 Å². The molecule has 21 heavy (non-hydrogen) atoms. The molecule has 4 nitrogen and oxygen atoms in total. The van der Waals surface area contributed by atoms with Gasteiger partial charge in [-0.05, 0) is 30.0 Å². The Labute approximate surface area is 126 Å². The van der Waals surface area contributed by atoms with E-state index in [0.29, 0.717) is 18.7 Å². The van der Waals surface area contributed by atoms with E-state index in [-0.39, 0.29) is 17.1 Å². The minimum absolute atomic E-state index is 0.124. The van der Waals surface area contributed by atoms with E-state index >= 15 is 0 Å². The summed E-state index contributed by atoms with van der Waals surface area (Å²) < 4.78 is 18.6. The van der Waals surface area contributed by atoms with Crippen LogP contribution in [-0.2, 0) is 11.3 Å². The maximum atomic E-state index is 13.7. The first-order chi connectivity index (χ1) is 9.70. The molecule has 0 aliphatic rings. The zero-order chi connectivity index (χ0) is 16.2. The van der Waals surface area contributed by atoms with E-state index < -0.39 is 11.9 Å². The van der Waals surface area contributed by atoms with Crippen molar-refractivity contribution in [2.45, 2.75) is 40.3 Å². The number of benzene rings is 1. The number of nitrogens with zero attached hydrogens (tertiary/aromatic N) is 1. The molecule has 0 aliphatic heterocycles. The fourth-order valence-electron chi connectivity index (χ4n) is 1.94. The summed E-state index contributed by atoms with van der Waals surface area (Å²) >= 11 is 0. The van der Waals surface area contributed by atoms with Crippen molar-refractivity contribution in [1.82, 2.24) is 4.90 Å². The van der Waals surface area contributed by atoms with Gasteiger partial charge in [0.1, 0.15) is 0 Å². The first kappa shape index (κ1) is 17.4. The highest BCUT2D eigenvalue weighted by Gasteiger charge is 2.30. The van der Waals surface area contributed by atoms with Gasteiger partial charge >= 0.3 is 0 Å². The van der Waals surface area contributed by atoms with Crippen LogP contribution in [0.2, 0.25) is 0 Å². The standard InChI is InChI=1S/C16H25FN2O2/c1-6-19(15(20)14(18)16(2,3)4)10-11-7-8-13(21-5)12(17)9-11/h7-9,14H,6,10,18H2,1-5H3/t14-/m1/s1. The second-order valence-electron chi connectivity index (χ2n) is 6.17. The van der Waals surface area contributed by atoms with Crippen LogP contribution in [0.3, 0.4) is 0 Å². The van der Waals surface area contributed by atoms with Gasteiger partial charge in [0, 0.05) is 13.1 Å². The van der Waals surface area contributed by atoms with Crippen molar-refractivity contribution in [3.8, 4) is 5.75 Å². The first-order valence-corrected chi connectivity index (χ1v) is 7.07. The molecule has 1 aromatic rings. The van der Waals surface area contributed by atoms with Crippen molar-refractivity contribution in [1.29, 1.82) is 0 Å². The summed E-state index contributed by atoms with van der Waals surface area (Å²) in [5, 5.41) is 0. The van der Waals surface area contributed by atoms with Crippen molar-refractivity contribution in [2.75, 3.05) is 13.7 Å². The van der Waals surface area contributed by atoms with Crippen molar-refractivity contribution in [3.05, 3.63) is 29.6 Å². The van der Waals surface area contributed by atoms with E-state index in [1.807, 2.05) is 27.7 Å². The number of hydrogen-bond donors (Lipinski definition) is 1. The summed E-state index contributed by atoms with van der Waals surface area (Å²) in [7, 11) is 1.42. The number of carbonyl (C=O) groups excluding carboxylic acids is 1. The summed E-state index contributed by atoms with van der Waals surface area (Å²) in [6.07, 6.45) is 0. The fourth-order valence-corrected chi connectivity index (χ4v) is 1.94. The number of carbonyl (C=O) groups is 1. The summed E-state index contributed by atoms with van der Waals surface area (Å²) in [6, 6.07) is 4.12. The molecule has 0 saturated carbocycles. The van der Waals surface area contributed by atoms with Crippen LogP contribution in [0.5, 0.6) is 5.75 Å². The van der Waals surface area contributed by atoms with Crippen molar-refractivity contribution in [3.63, 3.8) is 0 Å². The fraction of sp³-hybridized carbons (Fsp3) is 0.562. The first-order valence-electron chi connectivity index (χ1n) is 7.07. The van der Waals surface area contributed by atoms with Gasteiger partial charge in [0.05, 0.1) is 13.2 Å². The number of amides is 1. The number of halogens is 1.